The van der Waals surface area contributed by atoms with Crippen LogP contribution < -0.4 is 0 Å². The predicted molar refractivity (Wildman–Crippen MR) is 77.9 cm³/mol. The van der Waals surface area contributed by atoms with Gasteiger partial charge in [0.2, 0.25) is 0 Å². The van der Waals surface area contributed by atoms with Gasteiger partial charge in [0.1, 0.15) is 0 Å². The lowest BCUT2D eigenvalue weighted by Crippen LogP contribution is -2.31. The Labute approximate surface area is 124 Å². The van der Waals surface area contributed by atoms with Gasteiger partial charge in [-0.25, -0.2) is 4.98 Å². The van der Waals surface area contributed by atoms with E-state index in [4.69, 9.17) is 0 Å². The quantitative estimate of drug-likeness (QED) is 0.808. The molecule has 0 N–H and O–H groups in total. The maximum atomic E-state index is 12.1. The molecule has 0 fully saturated rings. The highest BCUT2D eigenvalue weighted by atomic mass is 79.9. The zero-order valence-electron chi connectivity index (χ0n) is 9.91. The molecule has 0 radical (unpaired) electrons. The zero-order valence-corrected chi connectivity index (χ0v) is 12.4. The van der Waals surface area contributed by atoms with Crippen LogP contribution in [0, 0.1) is 0 Å². The van der Waals surface area contributed by atoms with Crippen molar-refractivity contribution >= 4 is 40.1 Å². The summed E-state index contributed by atoms with van der Waals surface area (Å²) in [6.07, 6.45) is 2.34. The second-order valence-corrected chi connectivity index (χ2v) is 4.96. The fourth-order valence-electron chi connectivity index (χ4n) is 2.03. The highest BCUT2D eigenvalue weighted by Crippen LogP contribution is 2.22. The zero-order chi connectivity index (χ0) is 12.5. The van der Waals surface area contributed by atoms with E-state index in [-0.39, 0.29) is 28.8 Å². The first-order valence-corrected chi connectivity index (χ1v) is 6.49. The molecule has 4 nitrogen and oxygen atoms in total. The fourth-order valence-corrected chi connectivity index (χ4v) is 2.64. The Morgan fingerprint density at radius 2 is 1.74 bits per heavy atom. The average molecular weight is 339 g/mol. The van der Waals surface area contributed by atoms with Crippen molar-refractivity contribution < 1.29 is 9.59 Å². The maximum absolute atomic E-state index is 12.1. The summed E-state index contributed by atoms with van der Waals surface area (Å²) in [6, 6.07) is 6.93. The molecule has 1 aliphatic rings. The summed E-state index contributed by atoms with van der Waals surface area (Å²) in [6.45, 7) is 0.389. The van der Waals surface area contributed by atoms with Gasteiger partial charge in [0, 0.05) is 24.5 Å². The molecule has 2 heterocycles. The van der Waals surface area contributed by atoms with Crippen molar-refractivity contribution in [2.45, 2.75) is 6.42 Å². The number of carbonyl (C=O) groups is 2. The van der Waals surface area contributed by atoms with Gasteiger partial charge in [-0.1, -0.05) is 12.1 Å². The number of hydrogen-bond acceptors (Lipinski definition) is 4. The van der Waals surface area contributed by atoms with Crippen LogP contribution in [0.4, 0.5) is 0 Å². The lowest BCUT2D eigenvalue weighted by atomic mass is 10.1. The molecule has 0 saturated heterocycles. The lowest BCUT2D eigenvalue weighted by Gasteiger charge is -2.12. The third-order valence-corrected chi connectivity index (χ3v) is 3.75. The monoisotopic (exact) mass is 338 g/mol. The van der Waals surface area contributed by atoms with E-state index in [9.17, 15) is 9.59 Å². The van der Waals surface area contributed by atoms with Crippen LogP contribution in [-0.4, -0.2) is 28.2 Å². The first-order chi connectivity index (χ1) is 8.77. The van der Waals surface area contributed by atoms with Gasteiger partial charge < -0.3 is 0 Å². The number of nitrogens with zero attached hydrogens (tertiary/aromatic N) is 2. The van der Waals surface area contributed by atoms with Crippen LogP contribution in [0.3, 0.4) is 0 Å². The summed E-state index contributed by atoms with van der Waals surface area (Å²) in [5, 5.41) is 2.82. The largest absolute Gasteiger partial charge is 0.274 e. The number of fused-ring (bicyclic) bond motifs is 1. The van der Waals surface area contributed by atoms with Crippen LogP contribution in [0.2, 0.25) is 0 Å². The molecule has 19 heavy (non-hydrogen) atoms. The molecule has 1 aliphatic heterocycles. The van der Waals surface area contributed by atoms with Crippen molar-refractivity contribution in [3.05, 3.63) is 52.0 Å². The van der Waals surface area contributed by atoms with Gasteiger partial charge in [0.15, 0.2) is 0 Å². The van der Waals surface area contributed by atoms with Gasteiger partial charge in [0.25, 0.3) is 11.8 Å². The molecule has 0 aliphatic carbocycles. The molecule has 0 bridgehead atoms. The number of benzene rings is 1. The smallest absolute Gasteiger partial charge is 0.261 e. The lowest BCUT2D eigenvalue weighted by molar-refractivity contribution is 0.0656. The molecular weight excluding hydrogens is 328 g/mol. The SMILES string of the molecule is Br.O=C1c2ccccc2C(=O)N1CCc1nccs1. The molecule has 2 aromatic rings. The summed E-state index contributed by atoms with van der Waals surface area (Å²) < 4.78 is 0. The number of hydrogen-bond donors (Lipinski definition) is 0. The summed E-state index contributed by atoms with van der Waals surface area (Å²) in [7, 11) is 0. The van der Waals surface area contributed by atoms with Crippen LogP contribution in [0.15, 0.2) is 35.8 Å². The van der Waals surface area contributed by atoms with E-state index in [0.717, 1.165) is 5.01 Å². The van der Waals surface area contributed by atoms with Crippen molar-refractivity contribution in [2.24, 2.45) is 0 Å². The molecule has 1 aromatic carbocycles. The first-order valence-electron chi connectivity index (χ1n) is 5.61. The van der Waals surface area contributed by atoms with Crippen LogP contribution in [0.25, 0.3) is 0 Å². The van der Waals surface area contributed by atoms with E-state index in [1.54, 1.807) is 30.5 Å². The number of imide groups is 1. The summed E-state index contributed by atoms with van der Waals surface area (Å²) in [5.74, 6) is -0.403. The van der Waals surface area contributed by atoms with Crippen LogP contribution in [0.5, 0.6) is 0 Å². The minimum atomic E-state index is -0.202. The molecule has 6 heteroatoms. The van der Waals surface area contributed by atoms with E-state index in [2.05, 4.69) is 4.98 Å². The number of amides is 2. The van der Waals surface area contributed by atoms with Crippen LogP contribution in [-0.2, 0) is 6.42 Å². The maximum Gasteiger partial charge on any atom is 0.261 e. The second-order valence-electron chi connectivity index (χ2n) is 3.98. The van der Waals surface area contributed by atoms with E-state index in [1.807, 2.05) is 5.38 Å². The van der Waals surface area contributed by atoms with Crippen molar-refractivity contribution in [3.8, 4) is 0 Å². The van der Waals surface area contributed by atoms with Crippen molar-refractivity contribution in [3.63, 3.8) is 0 Å². The van der Waals surface area contributed by atoms with Crippen molar-refractivity contribution in [2.75, 3.05) is 6.54 Å². The third kappa shape index (κ3) is 2.46. The second kappa shape index (κ2) is 5.63. The summed E-state index contributed by atoms with van der Waals surface area (Å²) in [5.41, 5.74) is 1.00. The molecule has 3 rings (SSSR count). The Hall–Kier alpha value is -1.53. The number of carbonyl (C=O) groups excluding carboxylic acids is 2. The molecule has 1 aromatic heterocycles. The molecule has 0 spiro atoms. The highest BCUT2D eigenvalue weighted by molar-refractivity contribution is 8.93. The molecule has 0 atom stereocenters. The molecule has 0 unspecified atom stereocenters. The van der Waals surface area contributed by atoms with Gasteiger partial charge >= 0.3 is 0 Å². The fraction of sp³-hybridized carbons (Fsp3) is 0.154. The van der Waals surface area contributed by atoms with Crippen LogP contribution >= 0.6 is 28.3 Å². The topological polar surface area (TPSA) is 50.3 Å². The van der Waals surface area contributed by atoms with Gasteiger partial charge in [-0.2, -0.15) is 0 Å². The standard InChI is InChI=1S/C13H10N2O2S.BrH/c16-12-9-3-1-2-4-10(9)13(17)15(12)7-5-11-14-6-8-18-11;/h1-4,6,8H,5,7H2;1H. The van der Waals surface area contributed by atoms with Crippen molar-refractivity contribution in [1.29, 1.82) is 0 Å². The Morgan fingerprint density at radius 3 is 2.26 bits per heavy atom. The Bertz CT molecular complexity index is 578. The van der Waals surface area contributed by atoms with E-state index >= 15 is 0 Å². The van der Waals surface area contributed by atoms with Gasteiger partial charge in [0.05, 0.1) is 16.1 Å². The normalized spacial score (nSPS) is 13.4. The van der Waals surface area contributed by atoms with Crippen molar-refractivity contribution in [1.82, 2.24) is 9.88 Å². The summed E-state index contributed by atoms with van der Waals surface area (Å²) >= 11 is 1.53. The number of rotatable bonds is 3. The van der Waals surface area contributed by atoms with Gasteiger partial charge in [-0.3, -0.25) is 14.5 Å². The van der Waals surface area contributed by atoms with Gasteiger partial charge in [-0.05, 0) is 12.1 Å². The predicted octanol–water partition coefficient (Wildman–Crippen LogP) is 2.56. The number of aromatic nitrogens is 1. The minimum absolute atomic E-state index is 0. The van der Waals surface area contributed by atoms with E-state index in [0.29, 0.717) is 24.1 Å². The Kier molecular flexibility index (Phi) is 4.11. The van der Waals surface area contributed by atoms with Gasteiger partial charge in [-0.15, -0.1) is 28.3 Å². The molecule has 2 amide bonds. The van der Waals surface area contributed by atoms with Crippen LogP contribution in [0.1, 0.15) is 25.7 Å². The Morgan fingerprint density at radius 1 is 1.11 bits per heavy atom. The highest BCUT2D eigenvalue weighted by Gasteiger charge is 2.34. The Balaban J connectivity index is 0.00000133. The number of thiazole rings is 1. The van der Waals surface area contributed by atoms with E-state index in [1.165, 1.54) is 16.2 Å². The molecule has 0 saturated carbocycles. The average Bonchev–Trinajstić information content (AvgIpc) is 2.98. The third-order valence-electron chi connectivity index (χ3n) is 2.91. The first kappa shape index (κ1) is 13.9. The molecule has 98 valence electrons. The van der Waals surface area contributed by atoms with E-state index < -0.39 is 0 Å². The minimum Gasteiger partial charge on any atom is -0.274 e. The number of halogens is 1. The molecular formula is C13H11BrN2O2S. The summed E-state index contributed by atoms with van der Waals surface area (Å²) in [4.78, 5) is 29.6.